The number of likely N-dealkylation sites (tertiary alicyclic amines) is 1. The lowest BCUT2D eigenvalue weighted by molar-refractivity contribution is 0.199. The van der Waals surface area contributed by atoms with E-state index in [0.29, 0.717) is 5.92 Å². The first-order valence-electron chi connectivity index (χ1n) is 9.40. The molecule has 0 saturated carbocycles. The topological polar surface area (TPSA) is 63.8 Å². The summed E-state index contributed by atoms with van der Waals surface area (Å²) in [6.45, 7) is 12.7. The van der Waals surface area contributed by atoms with Crippen LogP contribution in [0.2, 0.25) is 0 Å². The molecule has 0 bridgehead atoms. The molecule has 0 spiro atoms. The molecule has 0 radical (unpaired) electrons. The van der Waals surface area contributed by atoms with Crippen molar-refractivity contribution in [3.63, 3.8) is 0 Å². The number of aromatic nitrogens is 5. The second-order valence-corrected chi connectivity index (χ2v) is 8.32. The van der Waals surface area contributed by atoms with Crippen LogP contribution in [0, 0.1) is 0 Å². The van der Waals surface area contributed by atoms with Gasteiger partial charge in [-0.15, -0.1) is 22.6 Å². The van der Waals surface area contributed by atoms with Crippen molar-refractivity contribution in [1.82, 2.24) is 34.8 Å². The van der Waals surface area contributed by atoms with Gasteiger partial charge in [0.05, 0.1) is 18.3 Å². The van der Waals surface area contributed by atoms with Crippen molar-refractivity contribution in [2.45, 2.75) is 64.7 Å². The van der Waals surface area contributed by atoms with Crippen molar-refractivity contribution in [3.8, 4) is 0 Å². The average Bonchev–Trinajstić information content (AvgIpc) is 3.22. The van der Waals surface area contributed by atoms with Crippen molar-refractivity contribution >= 4 is 12.4 Å². The summed E-state index contributed by atoms with van der Waals surface area (Å²) >= 11 is 0. The van der Waals surface area contributed by atoms with Crippen LogP contribution in [0.5, 0.6) is 0 Å². The first-order valence-corrected chi connectivity index (χ1v) is 9.40. The van der Waals surface area contributed by atoms with Crippen molar-refractivity contribution in [3.05, 3.63) is 29.6 Å². The number of hydrogen-bond acceptors (Lipinski definition) is 5. The summed E-state index contributed by atoms with van der Waals surface area (Å²) in [6.07, 6.45) is 6.53. The lowest BCUT2D eigenvalue weighted by Crippen LogP contribution is -2.34. The second kappa shape index (κ2) is 7.66. The van der Waals surface area contributed by atoms with Gasteiger partial charge in [-0.3, -0.25) is 9.58 Å². The maximum atomic E-state index is 4.52. The fourth-order valence-corrected chi connectivity index (χ4v) is 3.83. The summed E-state index contributed by atoms with van der Waals surface area (Å²) in [5.41, 5.74) is 1.35. The molecule has 0 aromatic carbocycles. The van der Waals surface area contributed by atoms with Gasteiger partial charge >= 0.3 is 0 Å². The van der Waals surface area contributed by atoms with Crippen LogP contribution in [-0.4, -0.2) is 49.1 Å². The SMILES string of the molecule is CC(C)(C)n1cc(CN2CCC(c3nnc4n3CCNC4)CC2)cn1.Cl. The van der Waals surface area contributed by atoms with Crippen molar-refractivity contribution in [2.24, 2.45) is 0 Å². The fourth-order valence-electron chi connectivity index (χ4n) is 3.83. The van der Waals surface area contributed by atoms with Crippen molar-refractivity contribution < 1.29 is 0 Å². The normalized spacial score (nSPS) is 19.2. The van der Waals surface area contributed by atoms with Gasteiger partial charge in [-0.2, -0.15) is 5.10 Å². The largest absolute Gasteiger partial charge is 0.312 e. The highest BCUT2D eigenvalue weighted by Gasteiger charge is 2.27. The molecule has 26 heavy (non-hydrogen) atoms. The van der Waals surface area contributed by atoms with E-state index in [1.54, 1.807) is 0 Å². The highest BCUT2D eigenvalue weighted by Crippen LogP contribution is 2.28. The summed E-state index contributed by atoms with van der Waals surface area (Å²) in [6, 6.07) is 0. The van der Waals surface area contributed by atoms with Crippen LogP contribution in [0.3, 0.4) is 0 Å². The first-order chi connectivity index (χ1) is 12.0. The predicted octanol–water partition coefficient (Wildman–Crippen LogP) is 2.13. The molecule has 8 heteroatoms. The van der Waals surface area contributed by atoms with E-state index in [1.807, 2.05) is 6.20 Å². The monoisotopic (exact) mass is 379 g/mol. The quantitative estimate of drug-likeness (QED) is 0.885. The zero-order valence-corrected chi connectivity index (χ0v) is 16.8. The molecule has 4 heterocycles. The highest BCUT2D eigenvalue weighted by atomic mass is 35.5. The Kier molecular flexibility index (Phi) is 5.69. The van der Waals surface area contributed by atoms with Crippen LogP contribution < -0.4 is 5.32 Å². The number of rotatable bonds is 3. The Labute approximate surface area is 161 Å². The van der Waals surface area contributed by atoms with E-state index in [2.05, 4.69) is 61.7 Å². The van der Waals surface area contributed by atoms with Crippen LogP contribution >= 0.6 is 12.4 Å². The predicted molar refractivity (Wildman–Crippen MR) is 103 cm³/mol. The maximum Gasteiger partial charge on any atom is 0.147 e. The molecule has 1 fully saturated rings. The van der Waals surface area contributed by atoms with Crippen molar-refractivity contribution in [2.75, 3.05) is 19.6 Å². The zero-order valence-electron chi connectivity index (χ0n) is 16.0. The Morgan fingerprint density at radius 1 is 1.15 bits per heavy atom. The molecule has 7 nitrogen and oxygen atoms in total. The second-order valence-electron chi connectivity index (χ2n) is 8.32. The molecule has 2 aliphatic rings. The summed E-state index contributed by atoms with van der Waals surface area (Å²) < 4.78 is 4.40. The van der Waals surface area contributed by atoms with Gasteiger partial charge in [-0.05, 0) is 46.7 Å². The molecule has 1 saturated heterocycles. The third-order valence-electron chi connectivity index (χ3n) is 5.33. The molecule has 0 aliphatic carbocycles. The third kappa shape index (κ3) is 3.94. The maximum absolute atomic E-state index is 4.52. The molecule has 0 atom stereocenters. The van der Waals surface area contributed by atoms with Crippen LogP contribution in [-0.2, 0) is 25.2 Å². The third-order valence-corrected chi connectivity index (χ3v) is 5.33. The van der Waals surface area contributed by atoms with Crippen LogP contribution in [0.1, 0.15) is 56.7 Å². The van der Waals surface area contributed by atoms with E-state index >= 15 is 0 Å². The molecule has 2 aromatic heterocycles. The number of halogens is 1. The number of nitrogens with zero attached hydrogens (tertiary/aromatic N) is 6. The Bertz CT molecular complexity index is 722. The summed E-state index contributed by atoms with van der Waals surface area (Å²) in [5, 5.41) is 16.8. The van der Waals surface area contributed by atoms with Gasteiger partial charge in [0.15, 0.2) is 0 Å². The van der Waals surface area contributed by atoms with E-state index in [9.17, 15) is 0 Å². The minimum atomic E-state index is 0. The summed E-state index contributed by atoms with van der Waals surface area (Å²) in [5.74, 6) is 2.85. The van der Waals surface area contributed by atoms with E-state index < -0.39 is 0 Å². The summed E-state index contributed by atoms with van der Waals surface area (Å²) in [7, 11) is 0. The van der Waals surface area contributed by atoms with Crippen LogP contribution in [0.4, 0.5) is 0 Å². The average molecular weight is 380 g/mol. The molecule has 2 aliphatic heterocycles. The first kappa shape index (κ1) is 19.3. The van der Waals surface area contributed by atoms with Gasteiger partial charge in [0.25, 0.3) is 0 Å². The minimum Gasteiger partial charge on any atom is -0.312 e. The van der Waals surface area contributed by atoms with E-state index in [4.69, 9.17) is 0 Å². The van der Waals surface area contributed by atoms with Gasteiger partial charge < -0.3 is 9.88 Å². The molecule has 0 unspecified atom stereocenters. The lowest BCUT2D eigenvalue weighted by atomic mass is 9.95. The van der Waals surface area contributed by atoms with E-state index in [-0.39, 0.29) is 17.9 Å². The van der Waals surface area contributed by atoms with E-state index in [1.165, 1.54) is 24.2 Å². The summed E-state index contributed by atoms with van der Waals surface area (Å²) in [4.78, 5) is 2.54. The van der Waals surface area contributed by atoms with Crippen LogP contribution in [0.15, 0.2) is 12.4 Å². The zero-order chi connectivity index (χ0) is 17.4. The minimum absolute atomic E-state index is 0. The van der Waals surface area contributed by atoms with Gasteiger partial charge in [0.1, 0.15) is 11.6 Å². The molecule has 144 valence electrons. The standard InChI is InChI=1S/C18H29N7.ClH/c1-18(2,3)25-13-14(10-20-25)12-23-7-4-15(5-8-23)17-22-21-16-11-19-6-9-24(16)17;/h10,13,15,19H,4-9,11-12H2,1-3H3;1H. The molecule has 4 rings (SSSR count). The van der Waals surface area contributed by atoms with Gasteiger partial charge in [0, 0.05) is 37.3 Å². The van der Waals surface area contributed by atoms with Gasteiger partial charge in [0.2, 0.25) is 0 Å². The molecule has 1 N–H and O–H groups in total. The van der Waals surface area contributed by atoms with Crippen molar-refractivity contribution in [1.29, 1.82) is 0 Å². The fraction of sp³-hybridized carbons (Fsp3) is 0.722. The number of fused-ring (bicyclic) bond motifs is 1. The Morgan fingerprint density at radius 2 is 1.92 bits per heavy atom. The molecule has 0 amide bonds. The van der Waals surface area contributed by atoms with Gasteiger partial charge in [-0.25, -0.2) is 0 Å². The number of nitrogens with one attached hydrogen (secondary N) is 1. The Hall–Kier alpha value is -1.44. The Morgan fingerprint density at radius 3 is 2.62 bits per heavy atom. The number of piperidine rings is 1. The van der Waals surface area contributed by atoms with Crippen LogP contribution in [0.25, 0.3) is 0 Å². The molecular formula is C18H30ClN7. The smallest absolute Gasteiger partial charge is 0.147 e. The molecule has 2 aromatic rings. The van der Waals surface area contributed by atoms with Gasteiger partial charge in [-0.1, -0.05) is 0 Å². The lowest BCUT2D eigenvalue weighted by Gasteiger charge is -2.31. The highest BCUT2D eigenvalue weighted by molar-refractivity contribution is 5.85. The number of hydrogen-bond donors (Lipinski definition) is 1. The Balaban J connectivity index is 0.00000196. The molecular weight excluding hydrogens is 350 g/mol. The van der Waals surface area contributed by atoms with E-state index in [0.717, 1.165) is 45.1 Å².